The lowest BCUT2D eigenvalue weighted by Crippen LogP contribution is -3.15. The Hall–Kier alpha value is -1.95. The maximum absolute atomic E-state index is 12.9. The third kappa shape index (κ3) is 5.81. The summed E-state index contributed by atoms with van der Waals surface area (Å²) in [4.78, 5) is 25.4. The normalized spacial score (nSPS) is 22.7. The van der Waals surface area contributed by atoms with Crippen LogP contribution in [0.3, 0.4) is 0 Å². The van der Waals surface area contributed by atoms with Gasteiger partial charge in [-0.25, -0.2) is 4.39 Å². The van der Waals surface area contributed by atoms with Crippen molar-refractivity contribution in [1.29, 1.82) is 0 Å². The maximum atomic E-state index is 12.9. The third-order valence-corrected chi connectivity index (χ3v) is 5.14. The lowest BCUT2D eigenvalue weighted by atomic mass is 9.86. The van der Waals surface area contributed by atoms with E-state index in [9.17, 15) is 14.0 Å². The molecule has 0 radical (unpaired) electrons. The first kappa shape index (κ1) is 19.4. The number of rotatable bonds is 6. The number of anilines is 1. The minimum absolute atomic E-state index is 0.00849. The predicted octanol–water partition coefficient (Wildman–Crippen LogP) is 1.36. The van der Waals surface area contributed by atoms with Crippen LogP contribution in [0, 0.1) is 11.7 Å². The van der Waals surface area contributed by atoms with Gasteiger partial charge < -0.3 is 15.5 Å². The fourth-order valence-electron chi connectivity index (χ4n) is 3.21. The molecule has 2 amide bonds. The lowest BCUT2D eigenvalue weighted by molar-refractivity contribution is -0.885. The first-order valence-corrected chi connectivity index (χ1v) is 9.05. The SMILES string of the molecule is C[C@H](C(=O)N[C@@H]1CCCC[C@@H]1C)[NH+](C)CC(=O)Nc1ccc(F)cc1. The molecule has 6 heteroatoms. The number of halogens is 1. The molecule has 1 fully saturated rings. The highest BCUT2D eigenvalue weighted by molar-refractivity contribution is 5.91. The summed E-state index contributed by atoms with van der Waals surface area (Å²) < 4.78 is 12.9. The van der Waals surface area contributed by atoms with Gasteiger partial charge in [0.1, 0.15) is 5.82 Å². The topological polar surface area (TPSA) is 62.6 Å². The van der Waals surface area contributed by atoms with E-state index in [1.807, 2.05) is 14.0 Å². The molecule has 5 nitrogen and oxygen atoms in total. The molecule has 0 heterocycles. The van der Waals surface area contributed by atoms with E-state index in [4.69, 9.17) is 0 Å². The molecular weight excluding hydrogens is 321 g/mol. The average Bonchev–Trinajstić information content (AvgIpc) is 2.58. The van der Waals surface area contributed by atoms with Crippen LogP contribution in [0.4, 0.5) is 10.1 Å². The van der Waals surface area contributed by atoms with Gasteiger partial charge in [0.2, 0.25) is 0 Å². The van der Waals surface area contributed by atoms with Gasteiger partial charge in [-0.15, -0.1) is 0 Å². The van der Waals surface area contributed by atoms with Crippen molar-refractivity contribution in [1.82, 2.24) is 5.32 Å². The molecule has 3 N–H and O–H groups in total. The summed E-state index contributed by atoms with van der Waals surface area (Å²) in [5, 5.41) is 5.87. The van der Waals surface area contributed by atoms with Crippen molar-refractivity contribution in [2.24, 2.45) is 5.92 Å². The highest BCUT2D eigenvalue weighted by Crippen LogP contribution is 2.23. The van der Waals surface area contributed by atoms with Crippen LogP contribution < -0.4 is 15.5 Å². The van der Waals surface area contributed by atoms with Crippen LogP contribution in [0.15, 0.2) is 24.3 Å². The van der Waals surface area contributed by atoms with Gasteiger partial charge in [-0.2, -0.15) is 0 Å². The van der Waals surface area contributed by atoms with Gasteiger partial charge in [-0.05, 0) is 49.9 Å². The van der Waals surface area contributed by atoms with Crippen LogP contribution in [0.1, 0.15) is 39.5 Å². The molecule has 25 heavy (non-hydrogen) atoms. The van der Waals surface area contributed by atoms with E-state index in [0.717, 1.165) is 24.2 Å². The molecule has 0 bridgehead atoms. The van der Waals surface area contributed by atoms with Crippen LogP contribution >= 0.6 is 0 Å². The van der Waals surface area contributed by atoms with Crippen molar-refractivity contribution in [3.8, 4) is 0 Å². The zero-order chi connectivity index (χ0) is 18.4. The zero-order valence-electron chi connectivity index (χ0n) is 15.3. The third-order valence-electron chi connectivity index (χ3n) is 5.14. The number of amides is 2. The van der Waals surface area contributed by atoms with Crippen molar-refractivity contribution in [3.05, 3.63) is 30.1 Å². The molecule has 0 spiro atoms. The molecule has 0 saturated heterocycles. The molecule has 1 aromatic rings. The number of carbonyl (C=O) groups is 2. The van der Waals surface area contributed by atoms with Gasteiger partial charge in [-0.3, -0.25) is 9.59 Å². The van der Waals surface area contributed by atoms with Crippen LogP contribution in [-0.4, -0.2) is 37.5 Å². The Bertz CT molecular complexity index is 591. The first-order valence-electron chi connectivity index (χ1n) is 9.05. The van der Waals surface area contributed by atoms with E-state index in [0.29, 0.717) is 11.6 Å². The van der Waals surface area contributed by atoms with E-state index in [2.05, 4.69) is 17.6 Å². The summed E-state index contributed by atoms with van der Waals surface area (Å²) in [6.45, 7) is 4.19. The number of hydrogen-bond acceptors (Lipinski definition) is 2. The van der Waals surface area contributed by atoms with Gasteiger partial charge in [-0.1, -0.05) is 19.8 Å². The number of quaternary nitrogens is 1. The second-order valence-corrected chi connectivity index (χ2v) is 7.18. The van der Waals surface area contributed by atoms with E-state index < -0.39 is 0 Å². The Kier molecular flexibility index (Phi) is 6.93. The lowest BCUT2D eigenvalue weighted by Gasteiger charge is -2.31. The molecular formula is C19H29FN3O2+. The van der Waals surface area contributed by atoms with Gasteiger partial charge in [0.15, 0.2) is 12.6 Å². The quantitative estimate of drug-likeness (QED) is 0.725. The van der Waals surface area contributed by atoms with Crippen LogP contribution in [0.2, 0.25) is 0 Å². The molecule has 1 saturated carbocycles. The van der Waals surface area contributed by atoms with E-state index in [1.54, 1.807) is 0 Å². The second-order valence-electron chi connectivity index (χ2n) is 7.18. The highest BCUT2D eigenvalue weighted by Gasteiger charge is 2.29. The molecule has 4 atom stereocenters. The van der Waals surface area contributed by atoms with Gasteiger partial charge in [0, 0.05) is 11.7 Å². The maximum Gasteiger partial charge on any atom is 0.279 e. The molecule has 0 aromatic heterocycles. The molecule has 1 aliphatic rings. The predicted molar refractivity (Wildman–Crippen MR) is 95.8 cm³/mol. The number of benzene rings is 1. The number of hydrogen-bond donors (Lipinski definition) is 3. The molecule has 1 aromatic carbocycles. The van der Waals surface area contributed by atoms with Gasteiger partial charge >= 0.3 is 0 Å². The second kappa shape index (κ2) is 8.94. The van der Waals surface area contributed by atoms with Crippen LogP contribution in [-0.2, 0) is 9.59 Å². The van der Waals surface area contributed by atoms with Crippen molar-refractivity contribution in [2.75, 3.05) is 18.9 Å². The molecule has 138 valence electrons. The Balaban J connectivity index is 1.81. The van der Waals surface area contributed by atoms with E-state index in [1.165, 1.54) is 30.7 Å². The minimum Gasteiger partial charge on any atom is -0.348 e. The molecule has 0 aliphatic heterocycles. The Morgan fingerprint density at radius 3 is 2.52 bits per heavy atom. The zero-order valence-corrected chi connectivity index (χ0v) is 15.3. The number of carbonyl (C=O) groups excluding carboxylic acids is 2. The van der Waals surface area contributed by atoms with Crippen molar-refractivity contribution < 1.29 is 18.9 Å². The van der Waals surface area contributed by atoms with Crippen molar-refractivity contribution in [2.45, 2.75) is 51.6 Å². The smallest absolute Gasteiger partial charge is 0.279 e. The monoisotopic (exact) mass is 350 g/mol. The number of nitrogens with one attached hydrogen (secondary N) is 3. The Morgan fingerprint density at radius 1 is 1.24 bits per heavy atom. The summed E-state index contributed by atoms with van der Waals surface area (Å²) >= 11 is 0. The highest BCUT2D eigenvalue weighted by atomic mass is 19.1. The summed E-state index contributed by atoms with van der Waals surface area (Å²) in [5.74, 6) is -0.0458. The Morgan fingerprint density at radius 2 is 1.88 bits per heavy atom. The summed E-state index contributed by atoms with van der Waals surface area (Å²) in [7, 11) is 1.83. The molecule has 2 rings (SSSR count). The minimum atomic E-state index is -0.344. The van der Waals surface area contributed by atoms with Crippen molar-refractivity contribution >= 4 is 17.5 Å². The number of likely N-dealkylation sites (N-methyl/N-ethyl adjacent to an activating group) is 1. The van der Waals surface area contributed by atoms with Gasteiger partial charge in [0.05, 0.1) is 7.05 Å². The van der Waals surface area contributed by atoms with Crippen LogP contribution in [0.25, 0.3) is 0 Å². The fraction of sp³-hybridized carbons (Fsp3) is 0.579. The molecule has 1 aliphatic carbocycles. The standard InChI is InChI=1S/C19H28FN3O2/c1-13-6-4-5-7-17(13)22-19(25)14(2)23(3)12-18(24)21-16-10-8-15(20)9-11-16/h8-11,13-14,17H,4-7,12H2,1-3H3,(H,21,24)(H,22,25)/p+1/t13-,14+,17+/m0/s1. The Labute approximate surface area is 149 Å². The van der Waals surface area contributed by atoms with E-state index in [-0.39, 0.29) is 36.3 Å². The average molecular weight is 350 g/mol. The molecule has 1 unspecified atom stereocenters. The van der Waals surface area contributed by atoms with E-state index >= 15 is 0 Å². The largest absolute Gasteiger partial charge is 0.348 e. The van der Waals surface area contributed by atoms with Crippen molar-refractivity contribution in [3.63, 3.8) is 0 Å². The fourth-order valence-corrected chi connectivity index (χ4v) is 3.21. The van der Waals surface area contributed by atoms with Gasteiger partial charge in [0.25, 0.3) is 11.8 Å². The summed E-state index contributed by atoms with van der Waals surface area (Å²) in [6, 6.07) is 5.56. The first-order chi connectivity index (χ1) is 11.9. The summed E-state index contributed by atoms with van der Waals surface area (Å²) in [5.41, 5.74) is 0.548. The van der Waals surface area contributed by atoms with Crippen LogP contribution in [0.5, 0.6) is 0 Å². The summed E-state index contributed by atoms with van der Waals surface area (Å²) in [6.07, 6.45) is 4.58.